The van der Waals surface area contributed by atoms with Crippen LogP contribution < -0.4 is 10.6 Å². The monoisotopic (exact) mass is 357 g/mol. The number of aryl methyl sites for hydroxylation is 2. The predicted octanol–water partition coefficient (Wildman–Crippen LogP) is 0.912. The van der Waals surface area contributed by atoms with Crippen LogP contribution in [0.25, 0.3) is 0 Å². The average Bonchev–Trinajstić information content (AvgIpc) is 2.93. The van der Waals surface area contributed by atoms with E-state index in [2.05, 4.69) is 20.7 Å². The first-order valence-corrected chi connectivity index (χ1v) is 8.49. The van der Waals surface area contributed by atoms with Crippen molar-refractivity contribution in [1.29, 1.82) is 0 Å². The molecular weight excluding hydrogens is 334 g/mol. The zero-order valence-corrected chi connectivity index (χ0v) is 15.0. The first-order chi connectivity index (χ1) is 12.5. The van der Waals surface area contributed by atoms with Gasteiger partial charge in [-0.1, -0.05) is 0 Å². The van der Waals surface area contributed by atoms with Gasteiger partial charge in [0, 0.05) is 45.6 Å². The maximum atomic E-state index is 12.4. The smallest absolute Gasteiger partial charge is 0.322 e. The summed E-state index contributed by atoms with van der Waals surface area (Å²) in [6, 6.07) is 3.44. The molecule has 0 unspecified atom stereocenters. The number of hydrogen-bond acceptors (Lipinski definition) is 5. The molecule has 9 nitrogen and oxygen atoms in total. The molecule has 1 aliphatic rings. The molecule has 0 radical (unpaired) electrons. The van der Waals surface area contributed by atoms with E-state index in [-0.39, 0.29) is 11.9 Å². The lowest BCUT2D eigenvalue weighted by Gasteiger charge is -2.34. The van der Waals surface area contributed by atoms with E-state index < -0.39 is 0 Å². The molecule has 3 heterocycles. The van der Waals surface area contributed by atoms with Gasteiger partial charge in [-0.15, -0.1) is 0 Å². The van der Waals surface area contributed by atoms with E-state index in [0.29, 0.717) is 38.4 Å². The quantitative estimate of drug-likeness (QED) is 0.848. The summed E-state index contributed by atoms with van der Waals surface area (Å²) in [4.78, 5) is 32.2. The second kappa shape index (κ2) is 7.96. The van der Waals surface area contributed by atoms with Crippen LogP contribution in [0, 0.1) is 6.92 Å². The van der Waals surface area contributed by atoms with E-state index in [4.69, 9.17) is 0 Å². The molecule has 0 spiro atoms. The van der Waals surface area contributed by atoms with Gasteiger partial charge in [0.1, 0.15) is 0 Å². The fraction of sp³-hybridized carbons (Fsp3) is 0.412. The molecule has 2 aromatic rings. The van der Waals surface area contributed by atoms with Crippen LogP contribution in [-0.4, -0.2) is 69.2 Å². The van der Waals surface area contributed by atoms with Crippen molar-refractivity contribution < 1.29 is 9.59 Å². The Labute approximate surface area is 152 Å². The standard InChI is InChI=1S/C17H23N7O2/c1-13-15(11-22(2)21-13)20-17(26)24-8-6-23(7-9-24)12-16(25)19-14-4-3-5-18-10-14/h3-5,10-11H,6-9,12H2,1-2H3,(H,19,25)(H,20,26). The van der Waals surface area contributed by atoms with Crippen molar-refractivity contribution in [2.45, 2.75) is 6.92 Å². The summed E-state index contributed by atoms with van der Waals surface area (Å²) in [5, 5.41) is 9.92. The SMILES string of the molecule is Cc1nn(C)cc1NC(=O)N1CCN(CC(=O)Nc2cccnc2)CC1. The molecule has 1 aliphatic heterocycles. The average molecular weight is 357 g/mol. The van der Waals surface area contributed by atoms with E-state index in [1.54, 1.807) is 40.3 Å². The van der Waals surface area contributed by atoms with Crippen LogP contribution in [0.15, 0.2) is 30.7 Å². The van der Waals surface area contributed by atoms with Crippen molar-refractivity contribution in [1.82, 2.24) is 24.6 Å². The number of nitrogens with zero attached hydrogens (tertiary/aromatic N) is 5. The summed E-state index contributed by atoms with van der Waals surface area (Å²) in [5.41, 5.74) is 2.18. The lowest BCUT2D eigenvalue weighted by molar-refractivity contribution is -0.117. The van der Waals surface area contributed by atoms with Crippen molar-refractivity contribution in [2.75, 3.05) is 43.4 Å². The zero-order chi connectivity index (χ0) is 18.5. The third-order valence-electron chi connectivity index (χ3n) is 4.23. The van der Waals surface area contributed by atoms with Gasteiger partial charge >= 0.3 is 6.03 Å². The molecule has 9 heteroatoms. The molecule has 1 saturated heterocycles. The number of pyridine rings is 1. The highest BCUT2D eigenvalue weighted by Gasteiger charge is 2.23. The minimum Gasteiger partial charge on any atom is -0.324 e. The molecule has 3 amide bonds. The Morgan fingerprint density at radius 2 is 1.96 bits per heavy atom. The largest absolute Gasteiger partial charge is 0.324 e. The Morgan fingerprint density at radius 3 is 2.58 bits per heavy atom. The Balaban J connectivity index is 1.44. The van der Waals surface area contributed by atoms with Gasteiger partial charge in [-0.25, -0.2) is 4.79 Å². The lowest BCUT2D eigenvalue weighted by atomic mass is 10.3. The van der Waals surface area contributed by atoms with Gasteiger partial charge < -0.3 is 15.5 Å². The molecule has 138 valence electrons. The third-order valence-corrected chi connectivity index (χ3v) is 4.23. The summed E-state index contributed by atoms with van der Waals surface area (Å²) in [6.45, 7) is 4.61. The Hall–Kier alpha value is -2.94. The fourth-order valence-electron chi connectivity index (χ4n) is 2.87. The zero-order valence-electron chi connectivity index (χ0n) is 15.0. The Morgan fingerprint density at radius 1 is 1.19 bits per heavy atom. The fourth-order valence-corrected chi connectivity index (χ4v) is 2.87. The number of aromatic nitrogens is 3. The number of carbonyl (C=O) groups is 2. The molecule has 1 fully saturated rings. The topological polar surface area (TPSA) is 95.4 Å². The van der Waals surface area contributed by atoms with E-state index in [1.165, 1.54) is 0 Å². The van der Waals surface area contributed by atoms with Gasteiger partial charge in [0.05, 0.1) is 29.8 Å². The predicted molar refractivity (Wildman–Crippen MR) is 97.8 cm³/mol. The first kappa shape index (κ1) is 17.9. The summed E-state index contributed by atoms with van der Waals surface area (Å²) >= 11 is 0. The van der Waals surface area contributed by atoms with Crippen LogP contribution in [0.3, 0.4) is 0 Å². The number of nitrogens with one attached hydrogen (secondary N) is 2. The van der Waals surface area contributed by atoms with Crippen molar-refractivity contribution in [2.24, 2.45) is 7.05 Å². The number of carbonyl (C=O) groups excluding carboxylic acids is 2. The van der Waals surface area contributed by atoms with E-state index >= 15 is 0 Å². The number of piperazine rings is 1. The van der Waals surface area contributed by atoms with Crippen LogP contribution in [-0.2, 0) is 11.8 Å². The van der Waals surface area contributed by atoms with Crippen molar-refractivity contribution >= 4 is 23.3 Å². The summed E-state index contributed by atoms with van der Waals surface area (Å²) < 4.78 is 1.67. The molecule has 0 aliphatic carbocycles. The molecule has 0 bridgehead atoms. The minimum atomic E-state index is -0.138. The van der Waals surface area contributed by atoms with Crippen LogP contribution >= 0.6 is 0 Å². The molecule has 2 aromatic heterocycles. The summed E-state index contributed by atoms with van der Waals surface area (Å²) in [7, 11) is 1.82. The highest BCUT2D eigenvalue weighted by Crippen LogP contribution is 2.13. The highest BCUT2D eigenvalue weighted by molar-refractivity contribution is 5.92. The lowest BCUT2D eigenvalue weighted by Crippen LogP contribution is -2.51. The molecule has 0 saturated carbocycles. The van der Waals surface area contributed by atoms with Crippen LogP contribution in [0.1, 0.15) is 5.69 Å². The number of rotatable bonds is 4. The Kier molecular flexibility index (Phi) is 5.47. The molecular formula is C17H23N7O2. The first-order valence-electron chi connectivity index (χ1n) is 8.49. The highest BCUT2D eigenvalue weighted by atomic mass is 16.2. The van der Waals surface area contributed by atoms with Gasteiger partial charge in [-0.2, -0.15) is 5.10 Å². The third kappa shape index (κ3) is 4.57. The van der Waals surface area contributed by atoms with E-state index in [0.717, 1.165) is 11.4 Å². The van der Waals surface area contributed by atoms with Crippen molar-refractivity contribution in [3.8, 4) is 0 Å². The normalized spacial score (nSPS) is 14.9. The Bertz CT molecular complexity index is 767. The van der Waals surface area contributed by atoms with Crippen LogP contribution in [0.4, 0.5) is 16.2 Å². The van der Waals surface area contributed by atoms with Crippen LogP contribution in [0.5, 0.6) is 0 Å². The maximum absolute atomic E-state index is 12.4. The molecule has 3 rings (SSSR count). The molecule has 0 atom stereocenters. The second-order valence-corrected chi connectivity index (χ2v) is 6.29. The second-order valence-electron chi connectivity index (χ2n) is 6.29. The minimum absolute atomic E-state index is 0.0816. The van der Waals surface area contributed by atoms with Gasteiger partial charge in [0.2, 0.25) is 5.91 Å². The van der Waals surface area contributed by atoms with Gasteiger partial charge in [0.25, 0.3) is 0 Å². The maximum Gasteiger partial charge on any atom is 0.322 e. The summed E-state index contributed by atoms with van der Waals surface area (Å²) in [6.07, 6.45) is 5.06. The number of urea groups is 1. The van der Waals surface area contributed by atoms with Gasteiger partial charge in [-0.3, -0.25) is 19.4 Å². The molecule has 2 N–H and O–H groups in total. The van der Waals surface area contributed by atoms with E-state index in [1.807, 2.05) is 18.9 Å². The van der Waals surface area contributed by atoms with Gasteiger partial charge in [-0.05, 0) is 19.1 Å². The molecule has 26 heavy (non-hydrogen) atoms. The number of hydrogen-bond donors (Lipinski definition) is 2. The van der Waals surface area contributed by atoms with Gasteiger partial charge in [0.15, 0.2) is 0 Å². The van der Waals surface area contributed by atoms with E-state index in [9.17, 15) is 9.59 Å². The number of anilines is 2. The van der Waals surface area contributed by atoms with Crippen LogP contribution in [0.2, 0.25) is 0 Å². The number of amides is 3. The van der Waals surface area contributed by atoms with Crippen molar-refractivity contribution in [3.05, 3.63) is 36.4 Å². The summed E-state index contributed by atoms with van der Waals surface area (Å²) in [5.74, 6) is -0.0816. The van der Waals surface area contributed by atoms with Crippen molar-refractivity contribution in [3.63, 3.8) is 0 Å². The molecule has 0 aromatic carbocycles.